The van der Waals surface area contributed by atoms with Gasteiger partial charge in [-0.2, -0.15) is 0 Å². The van der Waals surface area contributed by atoms with Gasteiger partial charge in [0.05, 0.1) is 14.2 Å². The molecule has 0 aliphatic carbocycles. The molecule has 0 N–H and O–H groups in total. The fraction of sp³-hybridized carbons (Fsp3) is 0.348. The van der Waals surface area contributed by atoms with E-state index < -0.39 is 18.2 Å². The van der Waals surface area contributed by atoms with Crippen molar-refractivity contribution in [2.75, 3.05) is 21.0 Å². The van der Waals surface area contributed by atoms with Gasteiger partial charge < -0.3 is 28.4 Å². The highest BCUT2D eigenvalue weighted by molar-refractivity contribution is 5.66. The standard InChI is InChI=1S/C23H26O7/c1-6-7-16-10-20(25-4)23(21(11-16)26-5)29-14(2)22(30-15(3)24)17-8-9-18-19(12-17)28-13-27-18/h6,8-12,14,22H,1,7,13H2,2-5H3. The number of fused-ring (bicyclic) bond motifs is 1. The summed E-state index contributed by atoms with van der Waals surface area (Å²) in [5.41, 5.74) is 1.70. The van der Waals surface area contributed by atoms with E-state index in [0.29, 0.717) is 35.2 Å². The van der Waals surface area contributed by atoms with Gasteiger partial charge in [0, 0.05) is 12.5 Å². The van der Waals surface area contributed by atoms with Crippen LogP contribution >= 0.6 is 0 Å². The molecule has 0 radical (unpaired) electrons. The molecular formula is C23H26O7. The number of carbonyl (C=O) groups excluding carboxylic acids is 1. The van der Waals surface area contributed by atoms with E-state index in [4.69, 9.17) is 28.4 Å². The third-order valence-electron chi connectivity index (χ3n) is 4.65. The molecule has 0 fully saturated rings. The van der Waals surface area contributed by atoms with Gasteiger partial charge in [0.15, 0.2) is 29.1 Å². The van der Waals surface area contributed by atoms with Crippen molar-refractivity contribution in [2.24, 2.45) is 0 Å². The van der Waals surface area contributed by atoms with Crippen LogP contribution in [0.3, 0.4) is 0 Å². The molecule has 1 heterocycles. The van der Waals surface area contributed by atoms with Gasteiger partial charge in [-0.1, -0.05) is 12.1 Å². The highest BCUT2D eigenvalue weighted by atomic mass is 16.7. The van der Waals surface area contributed by atoms with Crippen molar-refractivity contribution >= 4 is 5.97 Å². The van der Waals surface area contributed by atoms with E-state index in [9.17, 15) is 4.79 Å². The fourth-order valence-corrected chi connectivity index (χ4v) is 3.29. The second-order valence-electron chi connectivity index (χ2n) is 6.79. The van der Waals surface area contributed by atoms with Crippen LogP contribution in [0.1, 0.15) is 31.1 Å². The average molecular weight is 414 g/mol. The van der Waals surface area contributed by atoms with Gasteiger partial charge in [-0.05, 0) is 43.2 Å². The van der Waals surface area contributed by atoms with Crippen LogP contribution in [0.2, 0.25) is 0 Å². The summed E-state index contributed by atoms with van der Waals surface area (Å²) in [6.45, 7) is 7.10. The predicted molar refractivity (Wildman–Crippen MR) is 111 cm³/mol. The Morgan fingerprint density at radius 2 is 1.80 bits per heavy atom. The molecular weight excluding hydrogens is 388 g/mol. The molecule has 160 valence electrons. The third kappa shape index (κ3) is 4.62. The molecule has 0 amide bonds. The van der Waals surface area contributed by atoms with E-state index in [-0.39, 0.29) is 6.79 Å². The molecule has 0 saturated carbocycles. The Morgan fingerprint density at radius 3 is 2.40 bits per heavy atom. The monoisotopic (exact) mass is 414 g/mol. The quantitative estimate of drug-likeness (QED) is 0.449. The van der Waals surface area contributed by atoms with E-state index in [1.165, 1.54) is 6.92 Å². The lowest BCUT2D eigenvalue weighted by Crippen LogP contribution is -2.26. The van der Waals surface area contributed by atoms with Gasteiger partial charge in [-0.3, -0.25) is 4.79 Å². The fourth-order valence-electron chi connectivity index (χ4n) is 3.29. The van der Waals surface area contributed by atoms with Gasteiger partial charge in [0.1, 0.15) is 6.10 Å². The van der Waals surface area contributed by atoms with Crippen molar-refractivity contribution in [1.82, 2.24) is 0 Å². The maximum Gasteiger partial charge on any atom is 0.303 e. The van der Waals surface area contributed by atoms with Gasteiger partial charge in [0.25, 0.3) is 0 Å². The summed E-state index contributed by atoms with van der Waals surface area (Å²) >= 11 is 0. The Morgan fingerprint density at radius 1 is 1.13 bits per heavy atom. The van der Waals surface area contributed by atoms with Crippen molar-refractivity contribution in [2.45, 2.75) is 32.5 Å². The van der Waals surface area contributed by atoms with Gasteiger partial charge in [-0.15, -0.1) is 6.58 Å². The SMILES string of the molecule is C=CCc1cc(OC)c(OC(C)C(OC(C)=O)c2ccc3c(c2)OCO3)c(OC)c1. The molecule has 30 heavy (non-hydrogen) atoms. The van der Waals surface area contributed by atoms with E-state index in [0.717, 1.165) is 11.1 Å². The van der Waals surface area contributed by atoms with Gasteiger partial charge in [-0.25, -0.2) is 0 Å². The minimum Gasteiger partial charge on any atom is -0.493 e. The lowest BCUT2D eigenvalue weighted by atomic mass is 10.0. The second kappa shape index (κ2) is 9.43. The van der Waals surface area contributed by atoms with E-state index in [1.54, 1.807) is 32.4 Å². The predicted octanol–water partition coefficient (Wildman–Crippen LogP) is 4.23. The first kappa shape index (κ1) is 21.4. The molecule has 0 bridgehead atoms. The van der Waals surface area contributed by atoms with Gasteiger partial charge >= 0.3 is 5.97 Å². The van der Waals surface area contributed by atoms with Crippen molar-refractivity contribution < 1.29 is 33.2 Å². The van der Waals surface area contributed by atoms with Crippen molar-refractivity contribution in [3.63, 3.8) is 0 Å². The number of carbonyl (C=O) groups is 1. The molecule has 7 heteroatoms. The summed E-state index contributed by atoms with van der Waals surface area (Å²) in [6, 6.07) is 9.13. The van der Waals surface area contributed by atoms with E-state index in [1.807, 2.05) is 25.1 Å². The Balaban J connectivity index is 1.93. The number of benzene rings is 2. The number of esters is 1. The molecule has 1 aliphatic rings. The number of allylic oxidation sites excluding steroid dienone is 1. The summed E-state index contributed by atoms with van der Waals surface area (Å²) in [5.74, 6) is 2.29. The molecule has 7 nitrogen and oxygen atoms in total. The van der Waals surface area contributed by atoms with Crippen LogP contribution in [0.25, 0.3) is 0 Å². The number of rotatable bonds is 9. The lowest BCUT2D eigenvalue weighted by molar-refractivity contribution is -0.151. The van der Waals surface area contributed by atoms with Crippen LogP contribution in [0.5, 0.6) is 28.7 Å². The van der Waals surface area contributed by atoms with Crippen molar-refractivity contribution in [3.05, 3.63) is 54.1 Å². The minimum atomic E-state index is -0.681. The Kier molecular flexibility index (Phi) is 6.72. The number of methoxy groups -OCH3 is 2. The highest BCUT2D eigenvalue weighted by Crippen LogP contribution is 2.42. The molecule has 3 rings (SSSR count). The Hall–Kier alpha value is -3.35. The maximum absolute atomic E-state index is 11.8. The molecule has 2 aromatic carbocycles. The third-order valence-corrected chi connectivity index (χ3v) is 4.65. The smallest absolute Gasteiger partial charge is 0.303 e. The van der Waals surface area contributed by atoms with Gasteiger partial charge in [0.2, 0.25) is 12.5 Å². The van der Waals surface area contributed by atoms with E-state index in [2.05, 4.69) is 6.58 Å². The topological polar surface area (TPSA) is 72.5 Å². The molecule has 0 spiro atoms. The second-order valence-corrected chi connectivity index (χ2v) is 6.79. The largest absolute Gasteiger partial charge is 0.493 e. The summed E-state index contributed by atoms with van der Waals surface area (Å²) in [7, 11) is 3.12. The zero-order valence-electron chi connectivity index (χ0n) is 17.6. The zero-order chi connectivity index (χ0) is 21.7. The number of hydrogen-bond acceptors (Lipinski definition) is 7. The minimum absolute atomic E-state index is 0.161. The Bertz CT molecular complexity index is 897. The zero-order valence-corrected chi connectivity index (χ0v) is 17.6. The van der Waals surface area contributed by atoms with Crippen molar-refractivity contribution in [3.8, 4) is 28.7 Å². The molecule has 1 aliphatic heterocycles. The highest BCUT2D eigenvalue weighted by Gasteiger charge is 2.28. The molecule has 2 aromatic rings. The first-order chi connectivity index (χ1) is 14.5. The van der Waals surface area contributed by atoms with Crippen LogP contribution in [0, 0.1) is 0 Å². The van der Waals surface area contributed by atoms with Crippen molar-refractivity contribution in [1.29, 1.82) is 0 Å². The summed E-state index contributed by atoms with van der Waals surface area (Å²) in [6.07, 6.45) is 1.23. The van der Waals surface area contributed by atoms with Crippen LogP contribution in [0.15, 0.2) is 43.0 Å². The van der Waals surface area contributed by atoms with E-state index >= 15 is 0 Å². The normalized spacial score (nSPS) is 13.9. The molecule has 0 aromatic heterocycles. The molecule has 0 saturated heterocycles. The average Bonchev–Trinajstić information content (AvgIpc) is 3.20. The Labute approximate surface area is 176 Å². The van der Waals surface area contributed by atoms with Crippen LogP contribution in [-0.4, -0.2) is 33.1 Å². The lowest BCUT2D eigenvalue weighted by Gasteiger charge is -2.26. The summed E-state index contributed by atoms with van der Waals surface area (Å²) in [4.78, 5) is 11.8. The maximum atomic E-state index is 11.8. The molecule has 2 unspecified atom stereocenters. The first-order valence-electron chi connectivity index (χ1n) is 9.56. The first-order valence-corrected chi connectivity index (χ1v) is 9.56. The van der Waals surface area contributed by atoms with Crippen LogP contribution in [-0.2, 0) is 16.0 Å². The van der Waals surface area contributed by atoms with Crippen LogP contribution in [0.4, 0.5) is 0 Å². The number of hydrogen-bond donors (Lipinski definition) is 0. The summed E-state index contributed by atoms with van der Waals surface area (Å²) in [5, 5.41) is 0. The van der Waals surface area contributed by atoms with Crippen LogP contribution < -0.4 is 23.7 Å². The molecule has 2 atom stereocenters. The number of ether oxygens (including phenoxy) is 6. The summed E-state index contributed by atoms with van der Waals surface area (Å²) < 4.78 is 33.6.